The Bertz CT molecular complexity index is 389. The SMILES string of the molecule is NC(=O)Nc1ccc(N)cc1C(=O)O. The molecule has 1 aromatic rings. The van der Waals surface area contributed by atoms with Crippen LogP contribution in [0.1, 0.15) is 10.4 Å². The number of carboxylic acids is 1. The minimum atomic E-state index is -1.18. The maximum atomic E-state index is 10.7. The summed E-state index contributed by atoms with van der Waals surface area (Å²) >= 11 is 0. The van der Waals surface area contributed by atoms with E-state index < -0.39 is 12.0 Å². The van der Waals surface area contributed by atoms with Crippen molar-refractivity contribution in [1.82, 2.24) is 0 Å². The summed E-state index contributed by atoms with van der Waals surface area (Å²) in [7, 11) is 0. The molecular formula is C8H9N3O3. The van der Waals surface area contributed by atoms with Gasteiger partial charge in [-0.2, -0.15) is 0 Å². The monoisotopic (exact) mass is 195 g/mol. The molecule has 0 spiro atoms. The van der Waals surface area contributed by atoms with Crippen molar-refractivity contribution >= 4 is 23.4 Å². The number of carboxylic acid groups (broad SMARTS) is 1. The van der Waals surface area contributed by atoms with Gasteiger partial charge < -0.3 is 21.9 Å². The molecule has 6 nitrogen and oxygen atoms in total. The molecule has 0 saturated carbocycles. The average molecular weight is 195 g/mol. The lowest BCUT2D eigenvalue weighted by molar-refractivity contribution is 0.0698. The number of nitrogen functional groups attached to an aromatic ring is 1. The number of aromatic carboxylic acids is 1. The highest BCUT2D eigenvalue weighted by atomic mass is 16.4. The first-order valence-corrected chi connectivity index (χ1v) is 3.70. The maximum absolute atomic E-state index is 10.7. The van der Waals surface area contributed by atoms with Crippen LogP contribution in [0.3, 0.4) is 0 Å². The van der Waals surface area contributed by atoms with E-state index in [0.29, 0.717) is 5.69 Å². The van der Waals surface area contributed by atoms with Crippen LogP contribution in [-0.4, -0.2) is 17.1 Å². The fourth-order valence-electron chi connectivity index (χ4n) is 0.981. The van der Waals surface area contributed by atoms with E-state index in [2.05, 4.69) is 5.32 Å². The van der Waals surface area contributed by atoms with E-state index in [4.69, 9.17) is 16.6 Å². The summed E-state index contributed by atoms with van der Waals surface area (Å²) in [5.41, 5.74) is 10.6. The highest BCUT2D eigenvalue weighted by Crippen LogP contribution is 2.18. The van der Waals surface area contributed by atoms with Gasteiger partial charge in [0.1, 0.15) is 0 Å². The topological polar surface area (TPSA) is 118 Å². The van der Waals surface area contributed by atoms with Gasteiger partial charge in [0.25, 0.3) is 0 Å². The van der Waals surface area contributed by atoms with Crippen molar-refractivity contribution in [2.24, 2.45) is 5.73 Å². The van der Waals surface area contributed by atoms with Gasteiger partial charge in [-0.3, -0.25) is 0 Å². The second-order valence-electron chi connectivity index (χ2n) is 2.60. The third kappa shape index (κ3) is 2.13. The van der Waals surface area contributed by atoms with Gasteiger partial charge in [0.2, 0.25) is 0 Å². The van der Waals surface area contributed by atoms with E-state index in [9.17, 15) is 9.59 Å². The number of benzene rings is 1. The Balaban J connectivity index is 3.14. The Hall–Kier alpha value is -2.24. The van der Waals surface area contributed by atoms with E-state index in [-0.39, 0.29) is 11.3 Å². The van der Waals surface area contributed by atoms with Gasteiger partial charge in [-0.1, -0.05) is 0 Å². The number of nitrogens with two attached hydrogens (primary N) is 2. The molecule has 74 valence electrons. The van der Waals surface area contributed by atoms with Gasteiger partial charge in [0.05, 0.1) is 11.3 Å². The Kier molecular flexibility index (Phi) is 2.57. The van der Waals surface area contributed by atoms with Gasteiger partial charge >= 0.3 is 12.0 Å². The molecule has 0 bridgehead atoms. The van der Waals surface area contributed by atoms with E-state index in [1.807, 2.05) is 0 Å². The van der Waals surface area contributed by atoms with E-state index in [1.165, 1.54) is 18.2 Å². The lowest BCUT2D eigenvalue weighted by Crippen LogP contribution is -2.21. The maximum Gasteiger partial charge on any atom is 0.337 e. The second kappa shape index (κ2) is 3.65. The highest BCUT2D eigenvalue weighted by molar-refractivity contribution is 6.00. The minimum absolute atomic E-state index is 0.0937. The van der Waals surface area contributed by atoms with E-state index >= 15 is 0 Å². The number of hydrogen-bond acceptors (Lipinski definition) is 3. The quantitative estimate of drug-likeness (QED) is 0.512. The normalized spacial score (nSPS) is 9.43. The Morgan fingerprint density at radius 3 is 2.50 bits per heavy atom. The molecule has 2 amide bonds. The van der Waals surface area contributed by atoms with Crippen molar-refractivity contribution in [2.75, 3.05) is 11.1 Å². The molecule has 0 unspecified atom stereocenters. The van der Waals surface area contributed by atoms with Gasteiger partial charge in [-0.25, -0.2) is 9.59 Å². The van der Waals surface area contributed by atoms with Crippen LogP contribution in [0, 0.1) is 0 Å². The standard InChI is InChI=1S/C8H9N3O3/c9-4-1-2-6(11-8(10)14)5(3-4)7(12)13/h1-3H,9H2,(H,12,13)(H3,10,11,14). The molecule has 14 heavy (non-hydrogen) atoms. The van der Waals surface area contributed by atoms with Crippen LogP contribution in [0.25, 0.3) is 0 Å². The predicted octanol–water partition coefficient (Wildman–Crippen LogP) is 0.458. The first-order valence-electron chi connectivity index (χ1n) is 3.70. The van der Waals surface area contributed by atoms with Crippen LogP contribution < -0.4 is 16.8 Å². The first kappa shape index (κ1) is 9.85. The largest absolute Gasteiger partial charge is 0.478 e. The number of rotatable bonds is 2. The number of primary amides is 1. The van der Waals surface area contributed by atoms with Crippen molar-refractivity contribution in [1.29, 1.82) is 0 Å². The Morgan fingerprint density at radius 2 is 2.00 bits per heavy atom. The Labute approximate surface area is 79.5 Å². The molecule has 6 heteroatoms. The van der Waals surface area contributed by atoms with Crippen LogP contribution in [0.15, 0.2) is 18.2 Å². The number of urea groups is 1. The molecule has 0 radical (unpaired) electrons. The van der Waals surface area contributed by atoms with Crippen LogP contribution >= 0.6 is 0 Å². The molecule has 6 N–H and O–H groups in total. The number of amides is 2. The van der Waals surface area contributed by atoms with Crippen molar-refractivity contribution < 1.29 is 14.7 Å². The lowest BCUT2D eigenvalue weighted by atomic mass is 10.1. The fraction of sp³-hybridized carbons (Fsp3) is 0. The van der Waals surface area contributed by atoms with Gasteiger partial charge in [0, 0.05) is 5.69 Å². The molecule has 0 atom stereocenters. The van der Waals surface area contributed by atoms with Gasteiger partial charge in [-0.15, -0.1) is 0 Å². The summed E-state index contributed by atoms with van der Waals surface area (Å²) < 4.78 is 0. The summed E-state index contributed by atoms with van der Waals surface area (Å²) in [4.78, 5) is 21.2. The average Bonchev–Trinajstić information content (AvgIpc) is 2.07. The van der Waals surface area contributed by atoms with E-state index in [0.717, 1.165) is 0 Å². The van der Waals surface area contributed by atoms with Crippen molar-refractivity contribution in [3.05, 3.63) is 23.8 Å². The first-order chi connectivity index (χ1) is 6.50. The molecule has 0 aliphatic rings. The zero-order valence-corrected chi connectivity index (χ0v) is 7.15. The summed E-state index contributed by atoms with van der Waals surface area (Å²) in [5.74, 6) is -1.18. The summed E-state index contributed by atoms with van der Waals surface area (Å²) in [5, 5.41) is 10.9. The number of anilines is 2. The fourth-order valence-corrected chi connectivity index (χ4v) is 0.981. The molecule has 0 aliphatic carbocycles. The molecule has 0 aromatic heterocycles. The smallest absolute Gasteiger partial charge is 0.337 e. The molecular weight excluding hydrogens is 186 g/mol. The van der Waals surface area contributed by atoms with E-state index in [1.54, 1.807) is 0 Å². The number of hydrogen-bond donors (Lipinski definition) is 4. The third-order valence-corrected chi connectivity index (χ3v) is 1.53. The third-order valence-electron chi connectivity index (χ3n) is 1.53. The number of nitrogens with one attached hydrogen (secondary N) is 1. The van der Waals surface area contributed by atoms with Crippen LogP contribution in [-0.2, 0) is 0 Å². The lowest BCUT2D eigenvalue weighted by Gasteiger charge is -2.06. The second-order valence-corrected chi connectivity index (χ2v) is 2.60. The van der Waals surface area contributed by atoms with Crippen LogP contribution in [0.2, 0.25) is 0 Å². The molecule has 1 aromatic carbocycles. The highest BCUT2D eigenvalue weighted by Gasteiger charge is 2.11. The molecule has 0 saturated heterocycles. The van der Waals surface area contributed by atoms with Crippen molar-refractivity contribution in [3.63, 3.8) is 0 Å². The Morgan fingerprint density at radius 1 is 1.36 bits per heavy atom. The zero-order chi connectivity index (χ0) is 10.7. The predicted molar refractivity (Wildman–Crippen MR) is 51.0 cm³/mol. The van der Waals surface area contributed by atoms with Crippen molar-refractivity contribution in [3.8, 4) is 0 Å². The van der Waals surface area contributed by atoms with Crippen LogP contribution in [0.4, 0.5) is 16.2 Å². The molecule has 0 fully saturated rings. The molecule has 0 heterocycles. The summed E-state index contributed by atoms with van der Waals surface area (Å²) in [6, 6.07) is 3.27. The summed E-state index contributed by atoms with van der Waals surface area (Å²) in [6.07, 6.45) is 0. The molecule has 1 rings (SSSR count). The number of carbonyl (C=O) groups is 2. The zero-order valence-electron chi connectivity index (χ0n) is 7.15. The molecule has 0 aliphatic heterocycles. The summed E-state index contributed by atoms with van der Waals surface area (Å²) in [6.45, 7) is 0. The van der Waals surface area contributed by atoms with Crippen molar-refractivity contribution in [2.45, 2.75) is 0 Å². The van der Waals surface area contributed by atoms with Crippen LogP contribution in [0.5, 0.6) is 0 Å². The van der Waals surface area contributed by atoms with Gasteiger partial charge in [0.15, 0.2) is 0 Å². The number of carbonyl (C=O) groups excluding carboxylic acids is 1. The van der Waals surface area contributed by atoms with Gasteiger partial charge in [-0.05, 0) is 18.2 Å². The minimum Gasteiger partial charge on any atom is -0.478 e.